The first kappa shape index (κ1) is 14.0. The first-order valence-corrected chi connectivity index (χ1v) is 6.96. The van der Waals surface area contributed by atoms with Crippen LogP contribution in [0.15, 0.2) is 18.2 Å². The lowest BCUT2D eigenvalue weighted by Gasteiger charge is -2.27. The van der Waals surface area contributed by atoms with E-state index in [4.69, 9.17) is 0 Å². The minimum Gasteiger partial charge on any atom is -0.481 e. The summed E-state index contributed by atoms with van der Waals surface area (Å²) in [5, 5.41) is 11.7. The molecule has 21 heavy (non-hydrogen) atoms. The number of fused-ring (bicyclic) bond motifs is 2. The number of amides is 1. The summed E-state index contributed by atoms with van der Waals surface area (Å²) < 4.78 is 26.7. The van der Waals surface area contributed by atoms with Gasteiger partial charge in [-0.15, -0.1) is 0 Å². The molecule has 0 saturated heterocycles. The highest BCUT2D eigenvalue weighted by molar-refractivity contribution is 5.96. The molecule has 1 aromatic carbocycles. The lowest BCUT2D eigenvalue weighted by Crippen LogP contribution is -2.38. The third kappa shape index (κ3) is 2.39. The molecule has 4 atom stereocenters. The number of hydrogen-bond donors (Lipinski definition) is 2. The molecule has 2 fully saturated rings. The highest BCUT2D eigenvalue weighted by atomic mass is 19.1. The van der Waals surface area contributed by atoms with Gasteiger partial charge in [-0.25, -0.2) is 8.78 Å². The van der Waals surface area contributed by atoms with Crippen molar-refractivity contribution >= 4 is 17.6 Å². The molecule has 0 radical (unpaired) electrons. The molecule has 3 rings (SSSR count). The van der Waals surface area contributed by atoms with E-state index >= 15 is 0 Å². The lowest BCUT2D eigenvalue weighted by atomic mass is 9.78. The molecular weight excluding hydrogens is 280 g/mol. The maximum absolute atomic E-state index is 13.6. The Morgan fingerprint density at radius 1 is 1.14 bits per heavy atom. The number of carboxylic acids is 1. The van der Waals surface area contributed by atoms with E-state index in [0.29, 0.717) is 0 Å². The summed E-state index contributed by atoms with van der Waals surface area (Å²) in [7, 11) is 0. The number of aliphatic carboxylic acids is 1. The van der Waals surface area contributed by atoms with Crippen LogP contribution < -0.4 is 5.32 Å². The second-order valence-corrected chi connectivity index (χ2v) is 5.84. The molecule has 4 unspecified atom stereocenters. The van der Waals surface area contributed by atoms with Gasteiger partial charge in [0.1, 0.15) is 11.6 Å². The van der Waals surface area contributed by atoms with Gasteiger partial charge in [0.2, 0.25) is 5.91 Å². The van der Waals surface area contributed by atoms with E-state index in [2.05, 4.69) is 5.32 Å². The Labute approximate surface area is 120 Å². The van der Waals surface area contributed by atoms with E-state index < -0.39 is 35.3 Å². The van der Waals surface area contributed by atoms with Crippen molar-refractivity contribution in [1.82, 2.24) is 0 Å². The van der Waals surface area contributed by atoms with Crippen LogP contribution in [0.3, 0.4) is 0 Å². The van der Waals surface area contributed by atoms with Crippen molar-refractivity contribution in [3.05, 3.63) is 29.8 Å². The first-order valence-electron chi connectivity index (χ1n) is 6.96. The lowest BCUT2D eigenvalue weighted by molar-refractivity contribution is -0.148. The predicted molar refractivity (Wildman–Crippen MR) is 70.4 cm³/mol. The number of carbonyl (C=O) groups is 2. The Bertz CT molecular complexity index is 605. The Morgan fingerprint density at radius 3 is 2.48 bits per heavy atom. The highest BCUT2D eigenvalue weighted by Crippen LogP contribution is 2.52. The standard InChI is InChI=1S/C15H15F2NO3/c16-9-3-4-10(17)11(6-9)18-14(19)12-7-1-2-8(5-7)13(12)15(20)21/h3-4,6-8,12-13H,1-2,5H2,(H,18,19)(H,20,21). The molecule has 112 valence electrons. The fourth-order valence-electron chi connectivity index (χ4n) is 3.83. The number of hydrogen-bond acceptors (Lipinski definition) is 2. The number of benzene rings is 1. The van der Waals surface area contributed by atoms with Gasteiger partial charge in [-0.2, -0.15) is 0 Å². The minimum absolute atomic E-state index is 0.0145. The number of nitrogens with one attached hydrogen (secondary N) is 1. The van der Waals surface area contributed by atoms with Crippen LogP contribution >= 0.6 is 0 Å². The smallest absolute Gasteiger partial charge is 0.307 e. The quantitative estimate of drug-likeness (QED) is 0.901. The van der Waals surface area contributed by atoms with Gasteiger partial charge in [-0.3, -0.25) is 9.59 Å². The average molecular weight is 295 g/mol. The maximum atomic E-state index is 13.6. The van der Waals surface area contributed by atoms with Crippen LogP contribution in [0.25, 0.3) is 0 Å². The molecule has 0 aromatic heterocycles. The summed E-state index contributed by atoms with van der Waals surface area (Å²) in [5.74, 6) is -4.26. The molecule has 1 amide bonds. The van der Waals surface area contributed by atoms with Gasteiger partial charge in [0.05, 0.1) is 17.5 Å². The second kappa shape index (κ2) is 5.09. The number of halogens is 2. The van der Waals surface area contributed by atoms with Crippen molar-refractivity contribution in [2.75, 3.05) is 5.32 Å². The van der Waals surface area contributed by atoms with Crippen molar-refractivity contribution in [3.63, 3.8) is 0 Å². The summed E-state index contributed by atoms with van der Waals surface area (Å²) in [4.78, 5) is 23.7. The molecule has 2 aliphatic rings. The monoisotopic (exact) mass is 295 g/mol. The molecule has 0 spiro atoms. The predicted octanol–water partition coefficient (Wildman–Crippen LogP) is 2.65. The van der Waals surface area contributed by atoms with Crippen LogP contribution in [0, 0.1) is 35.3 Å². The molecule has 0 aliphatic heterocycles. The number of carbonyl (C=O) groups excluding carboxylic acids is 1. The molecular formula is C15H15F2NO3. The fraction of sp³-hybridized carbons (Fsp3) is 0.467. The van der Waals surface area contributed by atoms with Gasteiger partial charge in [0, 0.05) is 6.07 Å². The molecule has 2 N–H and O–H groups in total. The van der Waals surface area contributed by atoms with Gasteiger partial charge >= 0.3 is 5.97 Å². The number of anilines is 1. The Hall–Kier alpha value is -1.98. The zero-order chi connectivity index (χ0) is 15.1. The van der Waals surface area contributed by atoms with Crippen LogP contribution in [-0.2, 0) is 9.59 Å². The van der Waals surface area contributed by atoms with Crippen LogP contribution in [0.2, 0.25) is 0 Å². The number of carboxylic acid groups (broad SMARTS) is 1. The van der Waals surface area contributed by atoms with Gasteiger partial charge in [-0.1, -0.05) is 0 Å². The summed E-state index contributed by atoms with van der Waals surface area (Å²) >= 11 is 0. The van der Waals surface area contributed by atoms with E-state index in [1.165, 1.54) is 0 Å². The first-order chi connectivity index (χ1) is 9.97. The highest BCUT2D eigenvalue weighted by Gasteiger charge is 2.54. The van der Waals surface area contributed by atoms with Crippen LogP contribution in [0.1, 0.15) is 19.3 Å². The largest absolute Gasteiger partial charge is 0.481 e. The Balaban J connectivity index is 1.81. The van der Waals surface area contributed by atoms with Crippen molar-refractivity contribution in [2.24, 2.45) is 23.7 Å². The summed E-state index contributed by atoms with van der Waals surface area (Å²) in [5.41, 5.74) is -0.244. The summed E-state index contributed by atoms with van der Waals surface area (Å²) in [6, 6.07) is 2.79. The topological polar surface area (TPSA) is 66.4 Å². The van der Waals surface area contributed by atoms with E-state index in [-0.39, 0.29) is 17.5 Å². The summed E-state index contributed by atoms with van der Waals surface area (Å²) in [6.07, 6.45) is 2.36. The SMILES string of the molecule is O=C(O)C1C2CCC(C2)C1C(=O)Nc1cc(F)ccc1F. The molecule has 4 nitrogen and oxygen atoms in total. The van der Waals surface area contributed by atoms with Gasteiger partial charge in [-0.05, 0) is 43.2 Å². The van der Waals surface area contributed by atoms with Gasteiger partial charge in [0.25, 0.3) is 0 Å². The zero-order valence-corrected chi connectivity index (χ0v) is 11.2. The zero-order valence-electron chi connectivity index (χ0n) is 11.2. The Morgan fingerprint density at radius 2 is 1.81 bits per heavy atom. The maximum Gasteiger partial charge on any atom is 0.307 e. The van der Waals surface area contributed by atoms with E-state index in [0.717, 1.165) is 37.5 Å². The molecule has 1 aromatic rings. The molecule has 2 aliphatic carbocycles. The Kier molecular flexibility index (Phi) is 3.39. The second-order valence-electron chi connectivity index (χ2n) is 5.84. The van der Waals surface area contributed by atoms with Crippen molar-refractivity contribution in [2.45, 2.75) is 19.3 Å². The van der Waals surface area contributed by atoms with E-state index in [1.807, 2.05) is 0 Å². The molecule has 2 bridgehead atoms. The van der Waals surface area contributed by atoms with Crippen LogP contribution in [0.4, 0.5) is 14.5 Å². The van der Waals surface area contributed by atoms with Crippen molar-refractivity contribution in [1.29, 1.82) is 0 Å². The molecule has 0 heterocycles. The molecule has 6 heteroatoms. The van der Waals surface area contributed by atoms with Crippen molar-refractivity contribution in [3.8, 4) is 0 Å². The fourth-order valence-corrected chi connectivity index (χ4v) is 3.83. The third-order valence-corrected chi connectivity index (χ3v) is 4.69. The van der Waals surface area contributed by atoms with E-state index in [9.17, 15) is 23.5 Å². The molecule has 2 saturated carbocycles. The van der Waals surface area contributed by atoms with Crippen LogP contribution in [0.5, 0.6) is 0 Å². The average Bonchev–Trinajstić information content (AvgIpc) is 3.03. The normalized spacial score (nSPS) is 30.4. The third-order valence-electron chi connectivity index (χ3n) is 4.69. The van der Waals surface area contributed by atoms with E-state index in [1.54, 1.807) is 0 Å². The number of rotatable bonds is 3. The summed E-state index contributed by atoms with van der Waals surface area (Å²) in [6.45, 7) is 0. The van der Waals surface area contributed by atoms with Crippen LogP contribution in [-0.4, -0.2) is 17.0 Å². The van der Waals surface area contributed by atoms with Gasteiger partial charge in [0.15, 0.2) is 0 Å². The van der Waals surface area contributed by atoms with Crippen molar-refractivity contribution < 1.29 is 23.5 Å². The minimum atomic E-state index is -0.984. The van der Waals surface area contributed by atoms with Gasteiger partial charge < -0.3 is 10.4 Å².